The van der Waals surface area contributed by atoms with Crippen LogP contribution in [0.2, 0.25) is 0 Å². The van der Waals surface area contributed by atoms with E-state index in [0.29, 0.717) is 0 Å². The van der Waals surface area contributed by atoms with E-state index in [2.05, 4.69) is 23.6 Å². The van der Waals surface area contributed by atoms with E-state index in [9.17, 15) is 4.79 Å². The fourth-order valence-electron chi connectivity index (χ4n) is 3.18. The Morgan fingerprint density at radius 2 is 2.00 bits per heavy atom. The van der Waals surface area contributed by atoms with E-state index in [1.165, 1.54) is 32.1 Å². The molecule has 1 amide bonds. The van der Waals surface area contributed by atoms with Gasteiger partial charge in [0.2, 0.25) is 6.41 Å². The van der Waals surface area contributed by atoms with Gasteiger partial charge in [-0.1, -0.05) is 57.2 Å². The maximum atomic E-state index is 10.6. The van der Waals surface area contributed by atoms with Gasteiger partial charge < -0.3 is 10.6 Å². The molecule has 20 heavy (non-hydrogen) atoms. The molecule has 3 heteroatoms. The summed E-state index contributed by atoms with van der Waals surface area (Å²) >= 11 is 0. The Balaban J connectivity index is 1.78. The second kappa shape index (κ2) is 8.05. The highest BCUT2D eigenvalue weighted by Crippen LogP contribution is 2.29. The van der Waals surface area contributed by atoms with Crippen molar-refractivity contribution in [3.63, 3.8) is 0 Å². The topological polar surface area (TPSA) is 41.1 Å². The number of hydrogen-bond donors (Lipinski definition) is 2. The first-order valence-corrected chi connectivity index (χ1v) is 7.80. The van der Waals surface area contributed by atoms with Gasteiger partial charge >= 0.3 is 0 Å². The normalized spacial score (nSPS) is 17.6. The van der Waals surface area contributed by atoms with Crippen molar-refractivity contribution in [3.8, 4) is 0 Å². The van der Waals surface area contributed by atoms with Crippen LogP contribution in [0.5, 0.6) is 0 Å². The minimum absolute atomic E-state index is 0.737. The zero-order chi connectivity index (χ0) is 14.2. The molecule has 0 aliphatic heterocycles. The number of para-hydroxylation sites is 1. The van der Waals surface area contributed by atoms with Crippen LogP contribution in [0.1, 0.15) is 44.6 Å². The van der Waals surface area contributed by atoms with Gasteiger partial charge in [0.05, 0.1) is 0 Å². The van der Waals surface area contributed by atoms with Gasteiger partial charge in [-0.2, -0.15) is 0 Å². The van der Waals surface area contributed by atoms with Crippen LogP contribution >= 0.6 is 0 Å². The van der Waals surface area contributed by atoms with Crippen molar-refractivity contribution >= 4 is 12.1 Å². The molecule has 0 spiro atoms. The van der Waals surface area contributed by atoms with Gasteiger partial charge in [0.25, 0.3) is 0 Å². The van der Waals surface area contributed by atoms with Crippen LogP contribution in [-0.2, 0) is 11.3 Å². The van der Waals surface area contributed by atoms with Gasteiger partial charge in [-0.3, -0.25) is 4.79 Å². The van der Waals surface area contributed by atoms with Gasteiger partial charge in [-0.05, 0) is 30.0 Å². The highest BCUT2D eigenvalue weighted by atomic mass is 16.1. The fourth-order valence-corrected chi connectivity index (χ4v) is 3.18. The number of carbonyl (C=O) groups is 1. The van der Waals surface area contributed by atoms with Crippen LogP contribution in [0.15, 0.2) is 24.3 Å². The van der Waals surface area contributed by atoms with Crippen molar-refractivity contribution in [2.24, 2.45) is 11.8 Å². The molecule has 1 aliphatic rings. The van der Waals surface area contributed by atoms with E-state index in [-0.39, 0.29) is 0 Å². The molecule has 0 bridgehead atoms. The Labute approximate surface area is 122 Å². The Morgan fingerprint density at radius 3 is 2.75 bits per heavy atom. The quantitative estimate of drug-likeness (QED) is 0.746. The minimum Gasteiger partial charge on any atom is -0.328 e. The molecule has 1 aromatic rings. The Bertz CT molecular complexity index is 413. The number of rotatable bonds is 7. The van der Waals surface area contributed by atoms with Crippen molar-refractivity contribution in [1.82, 2.24) is 5.32 Å². The molecule has 1 saturated carbocycles. The third-order valence-electron chi connectivity index (χ3n) is 4.47. The lowest BCUT2D eigenvalue weighted by atomic mass is 9.81. The van der Waals surface area contributed by atoms with Crippen molar-refractivity contribution in [2.45, 2.75) is 45.6 Å². The zero-order valence-corrected chi connectivity index (χ0v) is 12.4. The van der Waals surface area contributed by atoms with Crippen LogP contribution in [0.25, 0.3) is 0 Å². The Morgan fingerprint density at radius 1 is 1.25 bits per heavy atom. The van der Waals surface area contributed by atoms with Gasteiger partial charge in [0.15, 0.2) is 0 Å². The molecule has 2 rings (SSSR count). The van der Waals surface area contributed by atoms with E-state index in [0.717, 1.165) is 42.6 Å². The number of nitrogens with one attached hydrogen (secondary N) is 2. The SMILES string of the molecule is CC(CNCc1ccccc1NC=O)C1CCCCC1. The van der Waals surface area contributed by atoms with Gasteiger partial charge in [0.1, 0.15) is 0 Å². The summed E-state index contributed by atoms with van der Waals surface area (Å²) in [6.45, 7) is 4.23. The van der Waals surface area contributed by atoms with Crippen LogP contribution in [0.4, 0.5) is 5.69 Å². The Hall–Kier alpha value is -1.35. The zero-order valence-electron chi connectivity index (χ0n) is 12.4. The first-order chi connectivity index (χ1) is 9.81. The molecule has 1 aromatic carbocycles. The lowest BCUT2D eigenvalue weighted by molar-refractivity contribution is -0.105. The average molecular weight is 274 g/mol. The van der Waals surface area contributed by atoms with E-state index in [1.807, 2.05) is 18.2 Å². The van der Waals surface area contributed by atoms with Crippen LogP contribution in [-0.4, -0.2) is 13.0 Å². The maximum Gasteiger partial charge on any atom is 0.211 e. The lowest BCUT2D eigenvalue weighted by Crippen LogP contribution is -2.27. The molecule has 3 nitrogen and oxygen atoms in total. The molecule has 1 unspecified atom stereocenters. The molecule has 110 valence electrons. The molecule has 0 radical (unpaired) electrons. The van der Waals surface area contributed by atoms with Crippen molar-refractivity contribution in [3.05, 3.63) is 29.8 Å². The summed E-state index contributed by atoms with van der Waals surface area (Å²) in [4.78, 5) is 10.6. The van der Waals surface area contributed by atoms with Gasteiger partial charge in [-0.15, -0.1) is 0 Å². The second-order valence-corrected chi connectivity index (χ2v) is 5.93. The van der Waals surface area contributed by atoms with Crippen LogP contribution in [0.3, 0.4) is 0 Å². The van der Waals surface area contributed by atoms with E-state index >= 15 is 0 Å². The largest absolute Gasteiger partial charge is 0.328 e. The second-order valence-electron chi connectivity index (χ2n) is 5.93. The molecule has 0 heterocycles. The van der Waals surface area contributed by atoms with Crippen molar-refractivity contribution < 1.29 is 4.79 Å². The third-order valence-corrected chi connectivity index (χ3v) is 4.47. The average Bonchev–Trinajstić information content (AvgIpc) is 2.50. The summed E-state index contributed by atoms with van der Waals surface area (Å²) in [6, 6.07) is 7.96. The highest BCUT2D eigenvalue weighted by Gasteiger charge is 2.19. The first-order valence-electron chi connectivity index (χ1n) is 7.80. The molecular weight excluding hydrogens is 248 g/mol. The smallest absolute Gasteiger partial charge is 0.211 e. The summed E-state index contributed by atoms with van der Waals surface area (Å²) in [5, 5.41) is 6.30. The van der Waals surface area contributed by atoms with Crippen LogP contribution < -0.4 is 10.6 Å². The molecule has 1 aliphatic carbocycles. The van der Waals surface area contributed by atoms with E-state index in [1.54, 1.807) is 0 Å². The molecule has 1 atom stereocenters. The molecule has 2 N–H and O–H groups in total. The van der Waals surface area contributed by atoms with E-state index < -0.39 is 0 Å². The summed E-state index contributed by atoms with van der Waals surface area (Å²) in [6.07, 6.45) is 7.76. The number of hydrogen-bond acceptors (Lipinski definition) is 2. The molecule has 1 fully saturated rings. The number of carbonyl (C=O) groups excluding carboxylic acids is 1. The predicted octanol–water partition coefficient (Wildman–Crippen LogP) is 3.56. The summed E-state index contributed by atoms with van der Waals surface area (Å²) in [7, 11) is 0. The summed E-state index contributed by atoms with van der Waals surface area (Å²) < 4.78 is 0. The molecular formula is C17H26N2O. The Kier molecular flexibility index (Phi) is 6.06. The fraction of sp³-hybridized carbons (Fsp3) is 0.588. The summed E-state index contributed by atoms with van der Waals surface area (Å²) in [5.74, 6) is 1.63. The summed E-state index contributed by atoms with van der Waals surface area (Å²) in [5.41, 5.74) is 2.05. The predicted molar refractivity (Wildman–Crippen MR) is 83.6 cm³/mol. The third kappa shape index (κ3) is 4.34. The number of anilines is 1. The van der Waals surface area contributed by atoms with Crippen molar-refractivity contribution in [1.29, 1.82) is 0 Å². The minimum atomic E-state index is 0.737. The molecule has 0 aromatic heterocycles. The molecule has 0 saturated heterocycles. The lowest BCUT2D eigenvalue weighted by Gasteiger charge is -2.28. The van der Waals surface area contributed by atoms with Gasteiger partial charge in [0, 0.05) is 12.2 Å². The monoisotopic (exact) mass is 274 g/mol. The highest BCUT2D eigenvalue weighted by molar-refractivity contribution is 5.73. The van der Waals surface area contributed by atoms with E-state index in [4.69, 9.17) is 0 Å². The maximum absolute atomic E-state index is 10.6. The standard InChI is InChI=1S/C17H26N2O/c1-14(15-7-3-2-4-8-15)11-18-12-16-9-5-6-10-17(16)19-13-20/h5-6,9-10,13-15,18H,2-4,7-8,11-12H2,1H3,(H,19,20). The number of benzene rings is 1. The number of amides is 1. The van der Waals surface area contributed by atoms with Crippen LogP contribution in [0, 0.1) is 11.8 Å². The first kappa shape index (κ1) is 15.0. The van der Waals surface area contributed by atoms with Gasteiger partial charge in [-0.25, -0.2) is 0 Å². The van der Waals surface area contributed by atoms with Crippen molar-refractivity contribution in [2.75, 3.05) is 11.9 Å².